The highest BCUT2D eigenvalue weighted by molar-refractivity contribution is 5.48. The number of halogens is 5. The smallest absolute Gasteiger partial charge is 0.207 e. The predicted octanol–water partition coefficient (Wildman–Crippen LogP) is 6.03. The molecule has 0 radical (unpaired) electrons. The molecule has 134 valence electrons. The Morgan fingerprint density at radius 1 is 0.840 bits per heavy atom. The molecule has 1 atom stereocenters. The average molecular weight is 356 g/mol. The van der Waals surface area contributed by atoms with Crippen LogP contribution in [-0.2, 0) is 12.8 Å². The highest BCUT2D eigenvalue weighted by atomic mass is 19.2. The quantitative estimate of drug-likeness (QED) is 0.370. The van der Waals surface area contributed by atoms with Gasteiger partial charge in [-0.3, -0.25) is 0 Å². The van der Waals surface area contributed by atoms with Crippen LogP contribution in [0.25, 0.3) is 0 Å². The summed E-state index contributed by atoms with van der Waals surface area (Å²) < 4.78 is 73.0. The van der Waals surface area contributed by atoms with Crippen LogP contribution < -0.4 is 4.74 Å². The first-order valence-electron chi connectivity index (χ1n) is 8.05. The second-order valence-electron chi connectivity index (χ2n) is 6.83. The van der Waals surface area contributed by atoms with Crippen LogP contribution in [0.1, 0.15) is 43.4 Å². The van der Waals surface area contributed by atoms with Crippen molar-refractivity contribution in [2.75, 3.05) is 0 Å². The second kappa shape index (κ2) is 6.32. The van der Waals surface area contributed by atoms with Crippen LogP contribution in [0.15, 0.2) is 12.1 Å². The summed E-state index contributed by atoms with van der Waals surface area (Å²) in [6.07, 6.45) is 1.67. The van der Waals surface area contributed by atoms with Gasteiger partial charge < -0.3 is 4.74 Å². The van der Waals surface area contributed by atoms with Gasteiger partial charge in [0, 0.05) is 0 Å². The fourth-order valence-electron chi connectivity index (χ4n) is 3.21. The predicted molar refractivity (Wildman–Crippen MR) is 83.4 cm³/mol. The van der Waals surface area contributed by atoms with Crippen LogP contribution in [0.2, 0.25) is 0 Å². The minimum Gasteiger partial charge on any atom is -0.451 e. The van der Waals surface area contributed by atoms with E-state index < -0.39 is 34.8 Å². The zero-order valence-corrected chi connectivity index (χ0v) is 14.0. The van der Waals surface area contributed by atoms with Gasteiger partial charge in [0.1, 0.15) is 5.75 Å². The van der Waals surface area contributed by atoms with Gasteiger partial charge in [-0.2, -0.15) is 8.78 Å². The molecule has 1 aliphatic carbocycles. The molecule has 0 bridgehead atoms. The standard InChI is InChI=1S/C19H17F5O/c1-8(2)12-6-10-4-9(3)5-11(10)7-13(12)25-19-17(23)15(21)14(20)16(22)18(19)24/h6-9H,4-5H2,1-3H3. The van der Waals surface area contributed by atoms with Crippen LogP contribution in [0.5, 0.6) is 11.5 Å². The van der Waals surface area contributed by atoms with Crippen molar-refractivity contribution in [3.63, 3.8) is 0 Å². The Bertz CT molecular complexity index is 815. The van der Waals surface area contributed by atoms with Gasteiger partial charge in [-0.25, -0.2) is 13.2 Å². The minimum absolute atomic E-state index is 0.0440. The number of fused-ring (bicyclic) bond motifs is 1. The molecule has 0 saturated carbocycles. The highest BCUT2D eigenvalue weighted by Gasteiger charge is 2.29. The van der Waals surface area contributed by atoms with E-state index in [1.165, 1.54) is 0 Å². The number of rotatable bonds is 3. The largest absolute Gasteiger partial charge is 0.451 e. The monoisotopic (exact) mass is 356 g/mol. The molecule has 2 aromatic rings. The van der Waals surface area contributed by atoms with E-state index in [9.17, 15) is 22.0 Å². The van der Waals surface area contributed by atoms with E-state index in [0.29, 0.717) is 11.5 Å². The first-order valence-corrected chi connectivity index (χ1v) is 8.05. The Kier molecular flexibility index (Phi) is 4.47. The third-order valence-electron chi connectivity index (χ3n) is 4.47. The average Bonchev–Trinajstić information content (AvgIpc) is 2.93. The molecule has 6 heteroatoms. The number of ether oxygens (including phenoxy) is 1. The lowest BCUT2D eigenvalue weighted by molar-refractivity contribution is 0.330. The Labute approximate surface area is 142 Å². The first-order chi connectivity index (χ1) is 11.7. The molecule has 0 fully saturated rings. The van der Waals surface area contributed by atoms with E-state index in [1.807, 2.05) is 19.9 Å². The fourth-order valence-corrected chi connectivity index (χ4v) is 3.21. The lowest BCUT2D eigenvalue weighted by atomic mass is 9.97. The van der Waals surface area contributed by atoms with Crippen molar-refractivity contribution < 1.29 is 26.7 Å². The molecule has 0 amide bonds. The highest BCUT2D eigenvalue weighted by Crippen LogP contribution is 2.40. The molecule has 1 nitrogen and oxygen atoms in total. The number of hydrogen-bond acceptors (Lipinski definition) is 1. The van der Waals surface area contributed by atoms with Crippen LogP contribution in [0.4, 0.5) is 22.0 Å². The summed E-state index contributed by atoms with van der Waals surface area (Å²) in [7, 11) is 0. The molecule has 0 saturated heterocycles. The van der Waals surface area contributed by atoms with Gasteiger partial charge in [0.15, 0.2) is 0 Å². The van der Waals surface area contributed by atoms with Gasteiger partial charge in [0.2, 0.25) is 34.8 Å². The molecule has 0 spiro atoms. The van der Waals surface area contributed by atoms with Gasteiger partial charge in [-0.05, 0) is 47.4 Å². The van der Waals surface area contributed by atoms with Crippen LogP contribution in [0.3, 0.4) is 0 Å². The summed E-state index contributed by atoms with van der Waals surface area (Å²) in [4.78, 5) is 0. The van der Waals surface area contributed by atoms with Crippen molar-refractivity contribution in [2.24, 2.45) is 5.92 Å². The normalized spacial score (nSPS) is 16.4. The third kappa shape index (κ3) is 2.98. The topological polar surface area (TPSA) is 9.23 Å². The van der Waals surface area contributed by atoms with Crippen molar-refractivity contribution in [2.45, 2.75) is 39.5 Å². The van der Waals surface area contributed by atoms with Crippen molar-refractivity contribution in [3.8, 4) is 11.5 Å². The van der Waals surface area contributed by atoms with Crippen LogP contribution >= 0.6 is 0 Å². The summed E-state index contributed by atoms with van der Waals surface area (Å²) >= 11 is 0. The Morgan fingerprint density at radius 2 is 1.32 bits per heavy atom. The third-order valence-corrected chi connectivity index (χ3v) is 4.47. The zero-order valence-electron chi connectivity index (χ0n) is 14.0. The summed E-state index contributed by atoms with van der Waals surface area (Å²) in [5.74, 6) is -11.0. The van der Waals surface area contributed by atoms with Crippen molar-refractivity contribution in [1.29, 1.82) is 0 Å². The van der Waals surface area contributed by atoms with E-state index in [-0.39, 0.29) is 11.7 Å². The van der Waals surface area contributed by atoms with E-state index in [0.717, 1.165) is 24.0 Å². The summed E-state index contributed by atoms with van der Waals surface area (Å²) in [6.45, 7) is 5.82. The Hall–Kier alpha value is -2.11. The van der Waals surface area contributed by atoms with Crippen molar-refractivity contribution in [1.82, 2.24) is 0 Å². The molecule has 0 aliphatic heterocycles. The fraction of sp³-hybridized carbons (Fsp3) is 0.368. The molecule has 3 rings (SSSR count). The van der Waals surface area contributed by atoms with E-state index in [1.54, 1.807) is 6.07 Å². The molecule has 25 heavy (non-hydrogen) atoms. The number of hydrogen-bond donors (Lipinski definition) is 0. The summed E-state index contributed by atoms with van der Waals surface area (Å²) in [5, 5.41) is 0. The van der Waals surface area contributed by atoms with E-state index >= 15 is 0 Å². The van der Waals surface area contributed by atoms with Crippen molar-refractivity contribution in [3.05, 3.63) is 57.9 Å². The van der Waals surface area contributed by atoms with Crippen LogP contribution in [0, 0.1) is 35.0 Å². The van der Waals surface area contributed by atoms with Gasteiger partial charge in [-0.1, -0.05) is 26.8 Å². The molecule has 0 heterocycles. The lowest BCUT2D eigenvalue weighted by Gasteiger charge is -2.17. The maximum Gasteiger partial charge on any atom is 0.207 e. The number of benzene rings is 2. The molecule has 0 N–H and O–H groups in total. The maximum absolute atomic E-state index is 13.9. The molecular weight excluding hydrogens is 339 g/mol. The first kappa shape index (κ1) is 17.7. The summed E-state index contributed by atoms with van der Waals surface area (Å²) in [5.41, 5.74) is 2.76. The van der Waals surface area contributed by atoms with Crippen molar-refractivity contribution >= 4 is 0 Å². The van der Waals surface area contributed by atoms with Crippen LogP contribution in [-0.4, -0.2) is 0 Å². The minimum atomic E-state index is -2.20. The molecular formula is C19H17F5O. The van der Waals surface area contributed by atoms with Gasteiger partial charge >= 0.3 is 0 Å². The molecule has 2 aromatic carbocycles. The maximum atomic E-state index is 13.9. The molecule has 1 aliphatic rings. The Balaban J connectivity index is 2.12. The van der Waals surface area contributed by atoms with Gasteiger partial charge in [0.05, 0.1) is 0 Å². The molecule has 1 unspecified atom stereocenters. The van der Waals surface area contributed by atoms with Gasteiger partial charge in [0.25, 0.3) is 0 Å². The zero-order chi connectivity index (χ0) is 18.5. The van der Waals surface area contributed by atoms with E-state index in [2.05, 4.69) is 6.92 Å². The molecule has 0 aromatic heterocycles. The second-order valence-corrected chi connectivity index (χ2v) is 6.83. The van der Waals surface area contributed by atoms with E-state index in [4.69, 9.17) is 4.74 Å². The lowest BCUT2D eigenvalue weighted by Crippen LogP contribution is -2.06. The van der Waals surface area contributed by atoms with Gasteiger partial charge in [-0.15, -0.1) is 0 Å². The Morgan fingerprint density at radius 3 is 1.84 bits per heavy atom. The summed E-state index contributed by atoms with van der Waals surface area (Å²) in [6, 6.07) is 3.54. The SMILES string of the molecule is CC1Cc2cc(Oc3c(F)c(F)c(F)c(F)c3F)c(C(C)C)cc2C1.